The Kier molecular flexibility index (Phi) is 3.92. The first kappa shape index (κ1) is 11.8. The quantitative estimate of drug-likeness (QED) is 0.542. The summed E-state index contributed by atoms with van der Waals surface area (Å²) in [6.07, 6.45) is 0. The van der Waals surface area contributed by atoms with Crippen molar-refractivity contribution in [2.24, 2.45) is 0 Å². The van der Waals surface area contributed by atoms with Crippen LogP contribution in [0.25, 0.3) is 5.76 Å². The van der Waals surface area contributed by atoms with Crippen molar-refractivity contribution in [3.63, 3.8) is 0 Å². The topological polar surface area (TPSA) is 18.5 Å². The van der Waals surface area contributed by atoms with Gasteiger partial charge in [0.2, 0.25) is 5.79 Å². The van der Waals surface area contributed by atoms with Gasteiger partial charge in [-0.15, -0.1) is 0 Å². The highest BCUT2D eigenvalue weighted by molar-refractivity contribution is 5.57. The molecule has 1 aromatic rings. The first-order chi connectivity index (χ1) is 7.05. The molecule has 0 N–H and O–H groups in total. The highest BCUT2D eigenvalue weighted by Gasteiger charge is 2.20. The van der Waals surface area contributed by atoms with Crippen LogP contribution in [0.5, 0.6) is 0 Å². The molecule has 0 amide bonds. The predicted octanol–water partition coefficient (Wildman–Crippen LogP) is 3.45. The fourth-order valence-corrected chi connectivity index (χ4v) is 1.36. The van der Waals surface area contributed by atoms with E-state index < -0.39 is 5.79 Å². The summed E-state index contributed by atoms with van der Waals surface area (Å²) in [5, 5.41) is 0. The van der Waals surface area contributed by atoms with Crippen molar-refractivity contribution in [1.29, 1.82) is 0 Å². The Morgan fingerprint density at radius 2 is 1.87 bits per heavy atom. The maximum absolute atomic E-state index is 5.65. The monoisotopic (exact) mass is 206 g/mol. The van der Waals surface area contributed by atoms with Crippen LogP contribution in [0.4, 0.5) is 0 Å². The normalized spacial score (nSPS) is 11.1. The summed E-state index contributed by atoms with van der Waals surface area (Å²) in [5.41, 5.74) is 0.977. The average Bonchev–Trinajstić information content (AvgIpc) is 2.18. The van der Waals surface area contributed by atoms with Crippen molar-refractivity contribution in [3.8, 4) is 0 Å². The minimum absolute atomic E-state index is 0.620. The summed E-state index contributed by atoms with van der Waals surface area (Å²) in [4.78, 5) is 0. The molecule has 15 heavy (non-hydrogen) atoms. The van der Waals surface area contributed by atoms with E-state index in [1.165, 1.54) is 0 Å². The molecule has 1 rings (SSSR count). The zero-order chi connectivity index (χ0) is 11.3. The standard InChI is InChI=1S/C13H18O2/c1-5-14-13(3,4)15-11(2)12-9-7-6-8-10-12/h6-10H,2,5H2,1,3-4H3. The molecule has 2 nitrogen and oxygen atoms in total. The number of ether oxygens (including phenoxy) is 2. The SMILES string of the molecule is C=C(OC(C)(C)OCC)c1ccccc1. The smallest absolute Gasteiger partial charge is 0.204 e. The zero-order valence-electron chi connectivity index (χ0n) is 9.62. The molecule has 0 saturated heterocycles. The lowest BCUT2D eigenvalue weighted by atomic mass is 10.2. The number of rotatable bonds is 5. The maximum Gasteiger partial charge on any atom is 0.204 e. The van der Waals surface area contributed by atoms with Gasteiger partial charge in [0.25, 0.3) is 0 Å². The second kappa shape index (κ2) is 4.99. The molecule has 2 heteroatoms. The van der Waals surface area contributed by atoms with Gasteiger partial charge in [-0.05, 0) is 6.92 Å². The van der Waals surface area contributed by atoms with E-state index in [4.69, 9.17) is 9.47 Å². The Balaban J connectivity index is 2.64. The molecular formula is C13H18O2. The van der Waals surface area contributed by atoms with Crippen LogP contribution in [-0.2, 0) is 9.47 Å². The minimum Gasteiger partial charge on any atom is -0.463 e. The van der Waals surface area contributed by atoms with Gasteiger partial charge in [0, 0.05) is 26.0 Å². The largest absolute Gasteiger partial charge is 0.463 e. The van der Waals surface area contributed by atoms with E-state index in [9.17, 15) is 0 Å². The van der Waals surface area contributed by atoms with Gasteiger partial charge >= 0.3 is 0 Å². The second-order valence-electron chi connectivity index (χ2n) is 3.72. The van der Waals surface area contributed by atoms with Crippen LogP contribution in [0.1, 0.15) is 26.3 Å². The third kappa shape index (κ3) is 3.76. The Hall–Kier alpha value is -1.28. The van der Waals surface area contributed by atoms with Gasteiger partial charge in [-0.2, -0.15) is 0 Å². The highest BCUT2D eigenvalue weighted by Crippen LogP contribution is 2.22. The lowest BCUT2D eigenvalue weighted by Gasteiger charge is -2.27. The van der Waals surface area contributed by atoms with Gasteiger partial charge in [-0.1, -0.05) is 36.9 Å². The van der Waals surface area contributed by atoms with Crippen molar-refractivity contribution < 1.29 is 9.47 Å². The van der Waals surface area contributed by atoms with Gasteiger partial charge in [0.05, 0.1) is 0 Å². The molecule has 0 aliphatic carbocycles. The second-order valence-corrected chi connectivity index (χ2v) is 3.72. The fourth-order valence-electron chi connectivity index (χ4n) is 1.36. The first-order valence-electron chi connectivity index (χ1n) is 5.12. The molecule has 82 valence electrons. The van der Waals surface area contributed by atoms with Crippen LogP contribution in [-0.4, -0.2) is 12.4 Å². The molecule has 0 aliphatic heterocycles. The lowest BCUT2D eigenvalue weighted by molar-refractivity contribution is -0.168. The fraction of sp³-hybridized carbons (Fsp3) is 0.385. The van der Waals surface area contributed by atoms with Crippen molar-refractivity contribution in [2.75, 3.05) is 6.61 Å². The van der Waals surface area contributed by atoms with Crippen LogP contribution >= 0.6 is 0 Å². The summed E-state index contributed by atoms with van der Waals surface area (Å²) in [5.74, 6) is 0.0100. The van der Waals surface area contributed by atoms with E-state index in [0.29, 0.717) is 12.4 Å². The predicted molar refractivity (Wildman–Crippen MR) is 62.3 cm³/mol. The molecule has 0 aliphatic rings. The lowest BCUT2D eigenvalue weighted by Crippen LogP contribution is -2.27. The van der Waals surface area contributed by atoms with Gasteiger partial charge in [-0.3, -0.25) is 0 Å². The molecule has 0 heterocycles. The van der Waals surface area contributed by atoms with Crippen molar-refractivity contribution >= 4 is 5.76 Å². The van der Waals surface area contributed by atoms with Crippen LogP contribution in [0.15, 0.2) is 36.9 Å². The van der Waals surface area contributed by atoms with E-state index in [-0.39, 0.29) is 0 Å². The summed E-state index contributed by atoms with van der Waals surface area (Å²) in [6.45, 7) is 10.2. The van der Waals surface area contributed by atoms with E-state index in [1.807, 2.05) is 51.1 Å². The van der Waals surface area contributed by atoms with E-state index >= 15 is 0 Å². The average molecular weight is 206 g/mol. The van der Waals surface area contributed by atoms with Crippen LogP contribution in [0.3, 0.4) is 0 Å². The van der Waals surface area contributed by atoms with Crippen molar-refractivity contribution in [1.82, 2.24) is 0 Å². The zero-order valence-corrected chi connectivity index (χ0v) is 9.62. The summed E-state index contributed by atoms with van der Waals surface area (Å²) in [7, 11) is 0. The summed E-state index contributed by atoms with van der Waals surface area (Å²) in [6, 6.07) is 9.80. The van der Waals surface area contributed by atoms with Gasteiger partial charge in [0.15, 0.2) is 0 Å². The van der Waals surface area contributed by atoms with Gasteiger partial charge < -0.3 is 9.47 Å². The van der Waals surface area contributed by atoms with Crippen LogP contribution < -0.4 is 0 Å². The molecule has 0 atom stereocenters. The summed E-state index contributed by atoms with van der Waals surface area (Å²) >= 11 is 0. The Morgan fingerprint density at radius 3 is 2.40 bits per heavy atom. The van der Waals surface area contributed by atoms with Crippen molar-refractivity contribution in [3.05, 3.63) is 42.5 Å². The molecular weight excluding hydrogens is 188 g/mol. The number of benzene rings is 1. The molecule has 0 fully saturated rings. The number of hydrogen-bond acceptors (Lipinski definition) is 2. The molecule has 0 unspecified atom stereocenters. The molecule has 0 spiro atoms. The highest BCUT2D eigenvalue weighted by atomic mass is 16.7. The number of hydrogen-bond donors (Lipinski definition) is 0. The minimum atomic E-state index is -0.623. The van der Waals surface area contributed by atoms with E-state index in [0.717, 1.165) is 5.56 Å². The molecule has 0 radical (unpaired) electrons. The van der Waals surface area contributed by atoms with Crippen LogP contribution in [0.2, 0.25) is 0 Å². The summed E-state index contributed by atoms with van der Waals surface area (Å²) < 4.78 is 11.1. The third-order valence-electron chi connectivity index (χ3n) is 1.96. The molecule has 0 saturated carbocycles. The molecule has 1 aromatic carbocycles. The Morgan fingerprint density at radius 1 is 1.27 bits per heavy atom. The maximum atomic E-state index is 5.65. The van der Waals surface area contributed by atoms with Crippen molar-refractivity contribution in [2.45, 2.75) is 26.6 Å². The third-order valence-corrected chi connectivity index (χ3v) is 1.96. The Bertz CT molecular complexity index is 315. The first-order valence-corrected chi connectivity index (χ1v) is 5.12. The van der Waals surface area contributed by atoms with E-state index in [2.05, 4.69) is 6.58 Å². The Labute approximate surface area is 91.5 Å². The van der Waals surface area contributed by atoms with Crippen LogP contribution in [0, 0.1) is 0 Å². The molecule has 0 bridgehead atoms. The van der Waals surface area contributed by atoms with Gasteiger partial charge in [-0.25, -0.2) is 0 Å². The molecule has 0 aromatic heterocycles. The van der Waals surface area contributed by atoms with E-state index in [1.54, 1.807) is 0 Å². The van der Waals surface area contributed by atoms with Gasteiger partial charge in [0.1, 0.15) is 5.76 Å².